The minimum absolute atomic E-state index is 0.385. The van der Waals surface area contributed by atoms with Crippen molar-refractivity contribution in [2.75, 3.05) is 19.3 Å². The number of carbonyl (C=O) groups is 2. The van der Waals surface area contributed by atoms with E-state index in [2.05, 4.69) is 0 Å². The molecule has 2 rings (SSSR count). The highest BCUT2D eigenvalue weighted by molar-refractivity contribution is 7.39. The molecule has 0 saturated carbocycles. The number of amides is 1. The van der Waals surface area contributed by atoms with Gasteiger partial charge in [-0.15, -0.1) is 0 Å². The highest BCUT2D eigenvalue weighted by Gasteiger charge is 2.36. The number of rotatable bonds is 13. The minimum Gasteiger partial charge on any atom is -0.480 e. The van der Waals surface area contributed by atoms with E-state index < -0.39 is 26.1 Å². The standard InChI is InChI=1S/C21H32NO6P/c1-17(20(23)22-13-9-12-19(22)21(24)25)28-29(26)15-8-3-2-7-14-27-16-18-10-5-4-6-11-18/h4-6,10-11,17,19,29H,2-3,7-9,12-16H2,1H3,(H,24,25)/t17-,19-/m0/s1. The average molecular weight is 425 g/mol. The van der Waals surface area contributed by atoms with Gasteiger partial charge < -0.3 is 19.3 Å². The lowest BCUT2D eigenvalue weighted by Gasteiger charge is -2.24. The molecule has 1 unspecified atom stereocenters. The SMILES string of the molecule is C[C@H](O[PH](=O)CCCCCCOCc1ccccc1)C(=O)N1CCC[C@H]1C(=O)O. The van der Waals surface area contributed by atoms with Crippen LogP contribution in [0.25, 0.3) is 0 Å². The van der Waals surface area contributed by atoms with E-state index in [1.165, 1.54) is 4.90 Å². The molecule has 8 heteroatoms. The molecule has 162 valence electrons. The largest absolute Gasteiger partial charge is 0.480 e. The van der Waals surface area contributed by atoms with E-state index in [0.29, 0.717) is 38.8 Å². The number of nitrogens with zero attached hydrogens (tertiary/aromatic N) is 1. The molecular weight excluding hydrogens is 393 g/mol. The zero-order valence-corrected chi connectivity index (χ0v) is 18.0. The van der Waals surface area contributed by atoms with Crippen LogP contribution in [0, 0.1) is 0 Å². The van der Waals surface area contributed by atoms with Crippen molar-refractivity contribution in [3.63, 3.8) is 0 Å². The van der Waals surface area contributed by atoms with Crippen molar-refractivity contribution in [2.45, 2.75) is 64.2 Å². The number of carboxylic acid groups (broad SMARTS) is 1. The second kappa shape index (κ2) is 12.8. The summed E-state index contributed by atoms with van der Waals surface area (Å²) in [7, 11) is -2.31. The molecule has 1 aliphatic heterocycles. The van der Waals surface area contributed by atoms with Crippen LogP contribution in [0.3, 0.4) is 0 Å². The van der Waals surface area contributed by atoms with Gasteiger partial charge in [0.2, 0.25) is 0 Å². The zero-order valence-electron chi connectivity index (χ0n) is 17.0. The quantitative estimate of drug-likeness (QED) is 0.382. The number of carboxylic acids is 1. The molecule has 0 aromatic heterocycles. The summed E-state index contributed by atoms with van der Waals surface area (Å²) in [5.74, 6) is -1.38. The minimum atomic E-state index is -2.31. The van der Waals surface area contributed by atoms with E-state index in [0.717, 1.165) is 31.2 Å². The summed E-state index contributed by atoms with van der Waals surface area (Å²) < 4.78 is 23.2. The van der Waals surface area contributed by atoms with Crippen LogP contribution in [-0.4, -0.2) is 53.3 Å². The van der Waals surface area contributed by atoms with Gasteiger partial charge in [0.05, 0.1) is 6.61 Å². The maximum atomic E-state index is 12.4. The molecule has 1 heterocycles. The Balaban J connectivity index is 1.53. The summed E-state index contributed by atoms with van der Waals surface area (Å²) in [6.45, 7) is 3.28. The van der Waals surface area contributed by atoms with Gasteiger partial charge in [0, 0.05) is 19.3 Å². The van der Waals surface area contributed by atoms with Gasteiger partial charge in [-0.25, -0.2) is 4.79 Å². The summed E-state index contributed by atoms with van der Waals surface area (Å²) in [5, 5.41) is 9.18. The van der Waals surface area contributed by atoms with Crippen LogP contribution in [-0.2, 0) is 30.0 Å². The number of carbonyl (C=O) groups excluding carboxylic acids is 1. The first-order chi connectivity index (χ1) is 14.0. The Kier molecular flexibility index (Phi) is 10.4. The lowest BCUT2D eigenvalue weighted by molar-refractivity contribution is -0.150. The van der Waals surface area contributed by atoms with E-state index in [9.17, 15) is 19.3 Å². The fraction of sp³-hybridized carbons (Fsp3) is 0.619. The third kappa shape index (κ3) is 8.29. The lowest BCUT2D eigenvalue weighted by Crippen LogP contribution is -2.44. The van der Waals surface area contributed by atoms with Crippen LogP contribution in [0.1, 0.15) is 51.0 Å². The van der Waals surface area contributed by atoms with Crippen molar-refractivity contribution in [3.8, 4) is 0 Å². The number of ether oxygens (including phenoxy) is 1. The van der Waals surface area contributed by atoms with Crippen LogP contribution < -0.4 is 0 Å². The molecule has 3 atom stereocenters. The van der Waals surface area contributed by atoms with Gasteiger partial charge in [0.1, 0.15) is 12.1 Å². The number of benzene rings is 1. The molecule has 1 aromatic rings. The van der Waals surface area contributed by atoms with Crippen molar-refractivity contribution in [3.05, 3.63) is 35.9 Å². The molecular formula is C21H32NO6P. The predicted molar refractivity (Wildman–Crippen MR) is 111 cm³/mol. The highest BCUT2D eigenvalue weighted by Crippen LogP contribution is 2.28. The zero-order chi connectivity index (χ0) is 21.1. The molecule has 0 bridgehead atoms. The smallest absolute Gasteiger partial charge is 0.326 e. The van der Waals surface area contributed by atoms with Crippen molar-refractivity contribution in [2.24, 2.45) is 0 Å². The van der Waals surface area contributed by atoms with Crippen LogP contribution >= 0.6 is 8.03 Å². The lowest BCUT2D eigenvalue weighted by atomic mass is 10.2. The number of unbranched alkanes of at least 4 members (excludes halogenated alkanes) is 3. The topological polar surface area (TPSA) is 93.1 Å². The average Bonchev–Trinajstić information content (AvgIpc) is 3.20. The molecule has 1 N–H and O–H groups in total. The Morgan fingerprint density at radius 3 is 2.66 bits per heavy atom. The summed E-state index contributed by atoms with van der Waals surface area (Å²) in [6.07, 6.45) is 4.35. The number of likely N-dealkylation sites (tertiary alicyclic amines) is 1. The second-order valence-corrected chi connectivity index (χ2v) is 8.84. The number of hydrogen-bond acceptors (Lipinski definition) is 5. The summed E-state index contributed by atoms with van der Waals surface area (Å²) in [5.41, 5.74) is 1.16. The highest BCUT2D eigenvalue weighted by atomic mass is 31.1. The van der Waals surface area contributed by atoms with Crippen molar-refractivity contribution in [1.82, 2.24) is 4.90 Å². The second-order valence-electron chi connectivity index (χ2n) is 7.36. The predicted octanol–water partition coefficient (Wildman–Crippen LogP) is 3.72. The number of hydrogen-bond donors (Lipinski definition) is 1. The van der Waals surface area contributed by atoms with Crippen molar-refractivity contribution < 1.29 is 28.5 Å². The first kappa shape index (κ1) is 23.6. The van der Waals surface area contributed by atoms with E-state index >= 15 is 0 Å². The Morgan fingerprint density at radius 1 is 1.21 bits per heavy atom. The Bertz CT molecular complexity index is 668. The van der Waals surface area contributed by atoms with Crippen LogP contribution in [0.4, 0.5) is 0 Å². The first-order valence-corrected chi connectivity index (χ1v) is 11.9. The summed E-state index contributed by atoms with van der Waals surface area (Å²) >= 11 is 0. The van der Waals surface area contributed by atoms with Gasteiger partial charge in [-0.2, -0.15) is 0 Å². The van der Waals surface area contributed by atoms with E-state index in [1.54, 1.807) is 6.92 Å². The van der Waals surface area contributed by atoms with Crippen molar-refractivity contribution >= 4 is 19.9 Å². The van der Waals surface area contributed by atoms with Gasteiger partial charge in [-0.05, 0) is 38.2 Å². The fourth-order valence-corrected chi connectivity index (χ4v) is 4.57. The molecule has 29 heavy (non-hydrogen) atoms. The molecule has 7 nitrogen and oxygen atoms in total. The van der Waals surface area contributed by atoms with Crippen LogP contribution in [0.2, 0.25) is 0 Å². The third-order valence-corrected chi connectivity index (χ3v) is 6.39. The van der Waals surface area contributed by atoms with Gasteiger partial charge in [0.25, 0.3) is 5.91 Å². The molecule has 1 saturated heterocycles. The normalized spacial score (nSPS) is 18.5. The Labute approximate surface area is 173 Å². The molecule has 0 aliphatic carbocycles. The summed E-state index contributed by atoms with van der Waals surface area (Å²) in [4.78, 5) is 24.9. The van der Waals surface area contributed by atoms with Crippen molar-refractivity contribution in [1.29, 1.82) is 0 Å². The first-order valence-electron chi connectivity index (χ1n) is 10.3. The van der Waals surface area contributed by atoms with Gasteiger partial charge in [0.15, 0.2) is 8.03 Å². The molecule has 0 spiro atoms. The maximum absolute atomic E-state index is 12.4. The Morgan fingerprint density at radius 2 is 1.93 bits per heavy atom. The summed E-state index contributed by atoms with van der Waals surface area (Å²) in [6, 6.07) is 9.25. The third-order valence-electron chi connectivity index (χ3n) is 5.01. The number of aliphatic carboxylic acids is 1. The van der Waals surface area contributed by atoms with Gasteiger partial charge >= 0.3 is 5.97 Å². The maximum Gasteiger partial charge on any atom is 0.326 e. The fourth-order valence-electron chi connectivity index (χ4n) is 3.42. The van der Waals surface area contributed by atoms with Gasteiger partial charge in [-0.3, -0.25) is 9.36 Å². The van der Waals surface area contributed by atoms with E-state index in [4.69, 9.17) is 9.26 Å². The molecule has 0 radical (unpaired) electrons. The van der Waals surface area contributed by atoms with Crippen LogP contribution in [0.5, 0.6) is 0 Å². The Hall–Kier alpha value is -1.69. The van der Waals surface area contributed by atoms with E-state index in [-0.39, 0.29) is 5.91 Å². The van der Waals surface area contributed by atoms with Gasteiger partial charge in [-0.1, -0.05) is 43.2 Å². The molecule has 1 amide bonds. The van der Waals surface area contributed by atoms with E-state index in [1.807, 2.05) is 30.3 Å². The van der Waals surface area contributed by atoms with Crippen LogP contribution in [0.15, 0.2) is 30.3 Å². The molecule has 1 aromatic carbocycles. The molecule has 1 fully saturated rings. The molecule has 1 aliphatic rings. The monoisotopic (exact) mass is 425 g/mol.